The molecule has 0 aromatic heterocycles. The van der Waals surface area contributed by atoms with Gasteiger partial charge in [-0.25, -0.2) is 21.9 Å². The van der Waals surface area contributed by atoms with Crippen LogP contribution in [-0.2, 0) is 21.9 Å². The molecule has 0 bridgehead atoms. The van der Waals surface area contributed by atoms with Gasteiger partial charge in [0.25, 0.3) is 0 Å². The Hall–Kier alpha value is -1.45. The fraction of sp³-hybridized carbons (Fsp3) is 0.500. The lowest BCUT2D eigenvalue weighted by Crippen LogP contribution is -2.57. The maximum absolute atomic E-state index is 14.2. The lowest BCUT2D eigenvalue weighted by atomic mass is 9.56. The highest BCUT2D eigenvalue weighted by Gasteiger charge is 2.61. The average molecular weight is 535 g/mol. The van der Waals surface area contributed by atoms with E-state index in [-0.39, 0.29) is 50.2 Å². The summed E-state index contributed by atoms with van der Waals surface area (Å²) in [6, 6.07) is 12.6. The molecule has 1 unspecified atom stereocenters. The van der Waals surface area contributed by atoms with Crippen molar-refractivity contribution < 1.29 is 21.9 Å². The standard InChI is InChI=1S/C24H29ClF2N2O3S.ClH/c1-2-13-33(30,31)29-11-12-32-20-8-3-17-9-10-28-22(21(17)14-20)23(15-24(26,27)16-23)18-4-6-19(25)7-5-18;/h3-8,14,22,28-29H,2,9-13,15-16H2,1H3;1H. The molecule has 1 aliphatic heterocycles. The molecule has 1 fully saturated rings. The summed E-state index contributed by atoms with van der Waals surface area (Å²) in [4.78, 5) is 0. The fourth-order valence-electron chi connectivity index (χ4n) is 5.05. The van der Waals surface area contributed by atoms with Gasteiger partial charge in [0.2, 0.25) is 15.9 Å². The van der Waals surface area contributed by atoms with Crippen LogP contribution in [0, 0.1) is 0 Å². The first-order valence-electron chi connectivity index (χ1n) is 11.2. The minimum atomic E-state index is -3.29. The highest BCUT2D eigenvalue weighted by Crippen LogP contribution is 2.60. The number of hydrogen-bond donors (Lipinski definition) is 2. The van der Waals surface area contributed by atoms with Crippen molar-refractivity contribution in [3.8, 4) is 5.75 Å². The van der Waals surface area contributed by atoms with Crippen LogP contribution in [-0.4, -0.2) is 39.8 Å². The number of sulfonamides is 1. The van der Waals surface area contributed by atoms with E-state index in [9.17, 15) is 17.2 Å². The van der Waals surface area contributed by atoms with Crippen LogP contribution in [0.25, 0.3) is 0 Å². The molecule has 5 nitrogen and oxygen atoms in total. The summed E-state index contributed by atoms with van der Waals surface area (Å²) in [5, 5.41) is 4.06. The second-order valence-electron chi connectivity index (χ2n) is 8.93. The number of hydrogen-bond acceptors (Lipinski definition) is 4. The van der Waals surface area contributed by atoms with Gasteiger partial charge >= 0.3 is 0 Å². The minimum absolute atomic E-state index is 0. The highest BCUT2D eigenvalue weighted by molar-refractivity contribution is 7.89. The van der Waals surface area contributed by atoms with Crippen molar-refractivity contribution >= 4 is 34.0 Å². The van der Waals surface area contributed by atoms with E-state index in [0.717, 1.165) is 23.1 Å². The Bertz CT molecular complexity index is 1090. The number of alkyl halides is 2. The number of nitrogens with one attached hydrogen (secondary N) is 2. The summed E-state index contributed by atoms with van der Waals surface area (Å²) in [5.74, 6) is -2.03. The molecule has 1 atom stereocenters. The van der Waals surface area contributed by atoms with E-state index in [4.69, 9.17) is 16.3 Å². The SMILES string of the molecule is CCCS(=O)(=O)NCCOc1ccc2c(c1)C(C1(c3ccc(Cl)cc3)CC(F)(F)C1)NCC2.Cl. The summed E-state index contributed by atoms with van der Waals surface area (Å²) >= 11 is 6.05. The van der Waals surface area contributed by atoms with Crippen LogP contribution in [0.5, 0.6) is 5.75 Å². The molecular weight excluding hydrogens is 505 g/mol. The number of halogens is 4. The van der Waals surface area contributed by atoms with Crippen LogP contribution in [0.4, 0.5) is 8.78 Å². The van der Waals surface area contributed by atoms with Crippen molar-refractivity contribution in [3.63, 3.8) is 0 Å². The van der Waals surface area contributed by atoms with Crippen molar-refractivity contribution in [3.05, 3.63) is 64.2 Å². The van der Waals surface area contributed by atoms with Gasteiger partial charge in [-0.2, -0.15) is 0 Å². The maximum Gasteiger partial charge on any atom is 0.250 e. The van der Waals surface area contributed by atoms with E-state index in [1.54, 1.807) is 12.1 Å². The Morgan fingerprint density at radius 3 is 2.53 bits per heavy atom. The topological polar surface area (TPSA) is 67.4 Å². The first kappa shape index (κ1) is 27.1. The maximum atomic E-state index is 14.2. The van der Waals surface area contributed by atoms with Gasteiger partial charge < -0.3 is 10.1 Å². The summed E-state index contributed by atoms with van der Waals surface area (Å²) in [7, 11) is -3.29. The molecule has 2 N–H and O–H groups in total. The lowest BCUT2D eigenvalue weighted by Gasteiger charge is -2.54. The van der Waals surface area contributed by atoms with Gasteiger partial charge in [0.1, 0.15) is 12.4 Å². The molecule has 0 amide bonds. The molecular formula is C24H30Cl2F2N2O3S. The normalized spacial score (nSPS) is 20.5. The van der Waals surface area contributed by atoms with Crippen LogP contribution in [0.1, 0.15) is 48.9 Å². The molecule has 0 spiro atoms. The number of rotatable bonds is 9. The molecule has 2 aliphatic rings. The second-order valence-corrected chi connectivity index (χ2v) is 11.3. The zero-order valence-corrected chi connectivity index (χ0v) is 21.3. The van der Waals surface area contributed by atoms with Crippen LogP contribution < -0.4 is 14.8 Å². The van der Waals surface area contributed by atoms with E-state index >= 15 is 0 Å². The Morgan fingerprint density at radius 1 is 1.18 bits per heavy atom. The largest absolute Gasteiger partial charge is 0.492 e. The van der Waals surface area contributed by atoms with Gasteiger partial charge in [0.05, 0.1) is 5.75 Å². The van der Waals surface area contributed by atoms with Crippen molar-refractivity contribution in [1.29, 1.82) is 0 Å². The summed E-state index contributed by atoms with van der Waals surface area (Å²) in [6.07, 6.45) is 0.881. The van der Waals surface area contributed by atoms with Gasteiger partial charge in [-0.1, -0.05) is 36.7 Å². The third kappa shape index (κ3) is 5.85. The van der Waals surface area contributed by atoms with Gasteiger partial charge in [0, 0.05) is 35.9 Å². The van der Waals surface area contributed by atoms with Gasteiger partial charge in [-0.3, -0.25) is 0 Å². The molecule has 2 aromatic carbocycles. The molecule has 34 heavy (non-hydrogen) atoms. The zero-order valence-electron chi connectivity index (χ0n) is 19.0. The predicted molar refractivity (Wildman–Crippen MR) is 133 cm³/mol. The van der Waals surface area contributed by atoms with Crippen LogP contribution in [0.15, 0.2) is 42.5 Å². The van der Waals surface area contributed by atoms with E-state index < -0.39 is 21.4 Å². The molecule has 1 saturated carbocycles. The van der Waals surface area contributed by atoms with E-state index in [1.807, 2.05) is 37.3 Å². The van der Waals surface area contributed by atoms with E-state index in [1.165, 1.54) is 0 Å². The predicted octanol–water partition coefficient (Wildman–Crippen LogP) is 5.02. The zero-order chi connectivity index (χ0) is 23.7. The molecule has 0 saturated heterocycles. The molecule has 188 valence electrons. The van der Waals surface area contributed by atoms with E-state index in [2.05, 4.69) is 10.0 Å². The Morgan fingerprint density at radius 2 is 1.88 bits per heavy atom. The smallest absolute Gasteiger partial charge is 0.250 e. The Labute approximate surface area is 211 Å². The number of benzene rings is 2. The third-order valence-corrected chi connectivity index (χ3v) is 8.30. The minimum Gasteiger partial charge on any atom is -0.492 e. The number of ether oxygens (including phenoxy) is 1. The van der Waals surface area contributed by atoms with Crippen molar-refractivity contribution in [2.75, 3.05) is 25.4 Å². The van der Waals surface area contributed by atoms with Crippen LogP contribution in [0.3, 0.4) is 0 Å². The van der Waals surface area contributed by atoms with Crippen LogP contribution >= 0.6 is 24.0 Å². The van der Waals surface area contributed by atoms with Crippen molar-refractivity contribution in [2.45, 2.75) is 50.0 Å². The highest BCUT2D eigenvalue weighted by atomic mass is 35.5. The molecule has 1 heterocycles. The van der Waals surface area contributed by atoms with Gasteiger partial charge in [-0.15, -0.1) is 12.4 Å². The Balaban J connectivity index is 0.00000324. The quantitative estimate of drug-likeness (QED) is 0.443. The third-order valence-electron chi connectivity index (χ3n) is 6.46. The van der Waals surface area contributed by atoms with Crippen molar-refractivity contribution in [2.24, 2.45) is 0 Å². The van der Waals surface area contributed by atoms with E-state index in [0.29, 0.717) is 23.7 Å². The fourth-order valence-corrected chi connectivity index (χ4v) is 6.25. The van der Waals surface area contributed by atoms with Gasteiger partial charge in [-0.05, 0) is 60.3 Å². The average Bonchev–Trinajstić information content (AvgIpc) is 2.75. The monoisotopic (exact) mass is 534 g/mol. The number of fused-ring (bicyclic) bond motifs is 1. The first-order chi connectivity index (χ1) is 15.6. The van der Waals surface area contributed by atoms with Gasteiger partial charge in [0.15, 0.2) is 0 Å². The molecule has 1 aliphatic carbocycles. The van der Waals surface area contributed by atoms with Crippen LogP contribution in [0.2, 0.25) is 5.02 Å². The summed E-state index contributed by atoms with van der Waals surface area (Å²) < 4.78 is 60.4. The Kier molecular flexibility index (Phi) is 8.51. The lowest BCUT2D eigenvalue weighted by molar-refractivity contribution is -0.138. The molecule has 4 rings (SSSR count). The second kappa shape index (κ2) is 10.7. The van der Waals surface area contributed by atoms with Crippen molar-refractivity contribution in [1.82, 2.24) is 10.0 Å². The molecule has 0 radical (unpaired) electrons. The summed E-state index contributed by atoms with van der Waals surface area (Å²) in [5.41, 5.74) is 2.17. The molecule has 2 aromatic rings. The summed E-state index contributed by atoms with van der Waals surface area (Å²) in [6.45, 7) is 2.86. The first-order valence-corrected chi connectivity index (χ1v) is 13.3. The molecule has 10 heteroatoms.